The van der Waals surface area contributed by atoms with Crippen molar-refractivity contribution in [3.63, 3.8) is 0 Å². The summed E-state index contributed by atoms with van der Waals surface area (Å²) >= 11 is 0. The molecule has 2 rings (SSSR count). The zero-order valence-electron chi connectivity index (χ0n) is 11.1. The van der Waals surface area contributed by atoms with Gasteiger partial charge in [-0.2, -0.15) is 0 Å². The fraction of sp³-hybridized carbons (Fsp3) is 0.600. The maximum atomic E-state index is 9.98. The van der Waals surface area contributed by atoms with Crippen LogP contribution in [0.3, 0.4) is 0 Å². The highest BCUT2D eigenvalue weighted by Crippen LogP contribution is 2.26. The number of benzene rings is 1. The second-order valence-electron chi connectivity index (χ2n) is 4.85. The molecule has 1 aromatic rings. The van der Waals surface area contributed by atoms with Gasteiger partial charge in [0.2, 0.25) is 0 Å². The van der Waals surface area contributed by atoms with Gasteiger partial charge in [-0.1, -0.05) is 18.2 Å². The Morgan fingerprint density at radius 2 is 2.17 bits per heavy atom. The highest BCUT2D eigenvalue weighted by atomic mass is 16.5. The summed E-state index contributed by atoms with van der Waals surface area (Å²) in [5.41, 5.74) is 2.68. The van der Waals surface area contributed by atoms with Crippen molar-refractivity contribution in [2.75, 3.05) is 31.2 Å². The second kappa shape index (κ2) is 6.76. The molecule has 0 aromatic heterocycles. The maximum Gasteiger partial charge on any atom is 0.0947 e. The Labute approximate surface area is 109 Å². The molecule has 0 saturated heterocycles. The van der Waals surface area contributed by atoms with Gasteiger partial charge in [0.25, 0.3) is 0 Å². The highest BCUT2D eigenvalue weighted by Gasteiger charge is 2.17. The molecule has 100 valence electrons. The van der Waals surface area contributed by atoms with E-state index in [0.717, 1.165) is 13.0 Å². The van der Waals surface area contributed by atoms with Crippen LogP contribution in [-0.2, 0) is 11.2 Å². The minimum atomic E-state index is -0.406. The standard InChI is InChI=1S/C15H23NO2/c1-2-18-12-14(17)11-16-10-6-5-8-13-7-3-4-9-15(13)16/h3-4,7,9,14,17H,2,5-6,8,10-12H2,1H3. The van der Waals surface area contributed by atoms with Crippen molar-refractivity contribution in [3.05, 3.63) is 29.8 Å². The van der Waals surface area contributed by atoms with E-state index in [2.05, 4.69) is 29.2 Å². The predicted octanol–water partition coefficient (Wildman–Crippen LogP) is 2.23. The largest absolute Gasteiger partial charge is 0.389 e. The lowest BCUT2D eigenvalue weighted by Crippen LogP contribution is -2.35. The van der Waals surface area contributed by atoms with Crippen molar-refractivity contribution in [2.24, 2.45) is 0 Å². The molecule has 0 saturated carbocycles. The Morgan fingerprint density at radius 3 is 3.00 bits per heavy atom. The van der Waals surface area contributed by atoms with Gasteiger partial charge in [0.1, 0.15) is 0 Å². The molecule has 1 N–H and O–H groups in total. The molecule has 1 aliphatic heterocycles. The van der Waals surface area contributed by atoms with Gasteiger partial charge < -0.3 is 14.7 Å². The number of para-hydroxylation sites is 1. The average Bonchev–Trinajstić information content (AvgIpc) is 2.59. The van der Waals surface area contributed by atoms with Crippen LogP contribution >= 0.6 is 0 Å². The molecule has 1 atom stereocenters. The number of nitrogens with zero attached hydrogens (tertiary/aromatic N) is 1. The first-order valence-corrected chi connectivity index (χ1v) is 6.90. The van der Waals surface area contributed by atoms with Gasteiger partial charge in [0.05, 0.1) is 12.7 Å². The monoisotopic (exact) mass is 249 g/mol. The molecule has 1 aromatic carbocycles. The summed E-state index contributed by atoms with van der Waals surface area (Å²) in [5, 5.41) is 9.98. The van der Waals surface area contributed by atoms with Crippen LogP contribution in [0.15, 0.2) is 24.3 Å². The molecule has 0 aliphatic carbocycles. The summed E-state index contributed by atoms with van der Waals surface area (Å²) in [5.74, 6) is 0. The molecule has 0 fully saturated rings. The van der Waals surface area contributed by atoms with Crippen molar-refractivity contribution in [1.29, 1.82) is 0 Å². The van der Waals surface area contributed by atoms with Gasteiger partial charge >= 0.3 is 0 Å². The van der Waals surface area contributed by atoms with Gasteiger partial charge in [0.15, 0.2) is 0 Å². The van der Waals surface area contributed by atoms with Gasteiger partial charge in [-0.05, 0) is 37.8 Å². The minimum absolute atomic E-state index is 0.406. The average molecular weight is 249 g/mol. The number of rotatable bonds is 5. The third-order valence-electron chi connectivity index (χ3n) is 3.40. The lowest BCUT2D eigenvalue weighted by Gasteiger charge is -2.27. The molecule has 1 unspecified atom stereocenters. The summed E-state index contributed by atoms with van der Waals surface area (Å²) in [7, 11) is 0. The summed E-state index contributed by atoms with van der Waals surface area (Å²) in [6.07, 6.45) is 3.16. The molecule has 1 heterocycles. The quantitative estimate of drug-likeness (QED) is 0.868. The van der Waals surface area contributed by atoms with E-state index in [1.54, 1.807) is 0 Å². The number of aryl methyl sites for hydroxylation is 1. The van der Waals surface area contributed by atoms with E-state index in [-0.39, 0.29) is 0 Å². The van der Waals surface area contributed by atoms with E-state index in [1.807, 2.05) is 6.92 Å². The van der Waals surface area contributed by atoms with Crippen molar-refractivity contribution >= 4 is 5.69 Å². The smallest absolute Gasteiger partial charge is 0.0947 e. The molecule has 3 heteroatoms. The first-order chi connectivity index (χ1) is 8.81. The molecule has 18 heavy (non-hydrogen) atoms. The number of fused-ring (bicyclic) bond motifs is 1. The predicted molar refractivity (Wildman–Crippen MR) is 74.1 cm³/mol. The van der Waals surface area contributed by atoms with Crippen LogP contribution in [0.2, 0.25) is 0 Å². The number of anilines is 1. The lowest BCUT2D eigenvalue weighted by molar-refractivity contribution is 0.0463. The summed E-state index contributed by atoms with van der Waals surface area (Å²) in [6.45, 7) is 4.73. The van der Waals surface area contributed by atoms with Crippen molar-refractivity contribution in [3.8, 4) is 0 Å². The van der Waals surface area contributed by atoms with Gasteiger partial charge in [0, 0.05) is 25.4 Å². The van der Waals surface area contributed by atoms with E-state index in [9.17, 15) is 5.11 Å². The Morgan fingerprint density at radius 1 is 1.33 bits per heavy atom. The number of aliphatic hydroxyl groups excluding tert-OH is 1. The van der Waals surface area contributed by atoms with E-state index in [1.165, 1.54) is 24.1 Å². The molecule has 1 aliphatic rings. The van der Waals surface area contributed by atoms with Crippen molar-refractivity contribution < 1.29 is 9.84 Å². The number of ether oxygens (including phenoxy) is 1. The van der Waals surface area contributed by atoms with Crippen LogP contribution < -0.4 is 4.90 Å². The zero-order valence-corrected chi connectivity index (χ0v) is 11.1. The minimum Gasteiger partial charge on any atom is -0.389 e. The molecule has 0 spiro atoms. The molecule has 0 radical (unpaired) electrons. The molecule has 0 bridgehead atoms. The zero-order chi connectivity index (χ0) is 12.8. The van der Waals surface area contributed by atoms with Crippen LogP contribution in [0.5, 0.6) is 0 Å². The van der Waals surface area contributed by atoms with E-state index < -0.39 is 6.10 Å². The van der Waals surface area contributed by atoms with E-state index in [0.29, 0.717) is 19.8 Å². The van der Waals surface area contributed by atoms with Crippen LogP contribution in [0.1, 0.15) is 25.3 Å². The van der Waals surface area contributed by atoms with Crippen LogP contribution in [0, 0.1) is 0 Å². The Kier molecular flexibility index (Phi) is 5.02. The van der Waals surface area contributed by atoms with Crippen molar-refractivity contribution in [1.82, 2.24) is 0 Å². The van der Waals surface area contributed by atoms with Gasteiger partial charge in [-0.25, -0.2) is 0 Å². The van der Waals surface area contributed by atoms with Crippen molar-refractivity contribution in [2.45, 2.75) is 32.3 Å². The Bertz CT molecular complexity index is 367. The first-order valence-electron chi connectivity index (χ1n) is 6.90. The first kappa shape index (κ1) is 13.4. The topological polar surface area (TPSA) is 32.7 Å². The highest BCUT2D eigenvalue weighted by molar-refractivity contribution is 5.54. The summed E-state index contributed by atoms with van der Waals surface area (Å²) in [6, 6.07) is 8.53. The van der Waals surface area contributed by atoms with Gasteiger partial charge in [-0.3, -0.25) is 0 Å². The maximum absolute atomic E-state index is 9.98. The van der Waals surface area contributed by atoms with Crippen LogP contribution in [0.25, 0.3) is 0 Å². The number of aliphatic hydroxyl groups is 1. The summed E-state index contributed by atoms with van der Waals surface area (Å²) < 4.78 is 5.28. The second-order valence-corrected chi connectivity index (χ2v) is 4.85. The van der Waals surface area contributed by atoms with Crippen LogP contribution in [-0.4, -0.2) is 37.5 Å². The Balaban J connectivity index is 2.03. The van der Waals surface area contributed by atoms with E-state index in [4.69, 9.17) is 4.74 Å². The molecular formula is C15H23NO2. The Hall–Kier alpha value is -1.06. The number of β-amino-alcohol motifs (C(OH)–C–C–N with tert-alkyl or cyclic N) is 1. The number of hydrogen-bond donors (Lipinski definition) is 1. The molecule has 3 nitrogen and oxygen atoms in total. The molecular weight excluding hydrogens is 226 g/mol. The fourth-order valence-corrected chi connectivity index (χ4v) is 2.52. The molecule has 0 amide bonds. The van der Waals surface area contributed by atoms with Crippen LogP contribution in [0.4, 0.5) is 5.69 Å². The lowest BCUT2D eigenvalue weighted by atomic mass is 10.1. The third kappa shape index (κ3) is 3.47. The van der Waals surface area contributed by atoms with E-state index >= 15 is 0 Å². The SMILES string of the molecule is CCOCC(O)CN1CCCCc2ccccc21. The summed E-state index contributed by atoms with van der Waals surface area (Å²) in [4.78, 5) is 2.30. The van der Waals surface area contributed by atoms with Gasteiger partial charge in [-0.15, -0.1) is 0 Å². The normalized spacial score (nSPS) is 17.1. The third-order valence-corrected chi connectivity index (χ3v) is 3.40. The fourth-order valence-electron chi connectivity index (χ4n) is 2.52. The number of hydrogen-bond acceptors (Lipinski definition) is 3.